The van der Waals surface area contributed by atoms with Crippen LogP contribution >= 0.6 is 11.6 Å². The number of rotatable bonds is 2. The Morgan fingerprint density at radius 2 is 1.95 bits per heavy atom. The number of ketones is 1. The van der Waals surface area contributed by atoms with Crippen molar-refractivity contribution in [2.75, 3.05) is 0 Å². The van der Waals surface area contributed by atoms with Crippen LogP contribution in [0.15, 0.2) is 30.5 Å². The fourth-order valence-electron chi connectivity index (χ4n) is 1.60. The van der Waals surface area contributed by atoms with Crippen LogP contribution in [-0.4, -0.2) is 15.8 Å². The summed E-state index contributed by atoms with van der Waals surface area (Å²) >= 11 is 5.67. The van der Waals surface area contributed by atoms with Crippen molar-refractivity contribution < 1.29 is 18.0 Å². The maximum absolute atomic E-state index is 12.5. The Kier molecular flexibility index (Phi) is 3.76. The third kappa shape index (κ3) is 2.96. The van der Waals surface area contributed by atoms with E-state index >= 15 is 0 Å². The molecule has 2 aromatic rings. The zero-order valence-corrected chi connectivity index (χ0v) is 11.0. The van der Waals surface area contributed by atoms with Crippen molar-refractivity contribution in [3.8, 4) is 0 Å². The van der Waals surface area contributed by atoms with Crippen LogP contribution < -0.4 is 0 Å². The second kappa shape index (κ2) is 5.20. The number of pyridine rings is 2. The van der Waals surface area contributed by atoms with E-state index in [9.17, 15) is 18.0 Å². The van der Waals surface area contributed by atoms with Gasteiger partial charge in [-0.05, 0) is 31.2 Å². The van der Waals surface area contributed by atoms with Gasteiger partial charge in [0.05, 0.1) is 5.56 Å². The van der Waals surface area contributed by atoms with Crippen LogP contribution in [-0.2, 0) is 6.18 Å². The molecule has 0 aliphatic heterocycles. The summed E-state index contributed by atoms with van der Waals surface area (Å²) in [6.07, 6.45) is -3.16. The zero-order valence-electron chi connectivity index (χ0n) is 10.2. The predicted octanol–water partition coefficient (Wildman–Crippen LogP) is 3.69. The molecule has 0 amide bonds. The SMILES string of the molecule is Cc1cc(C(=O)c2ccc(C(F)(F)F)nc2Cl)ccn1. The van der Waals surface area contributed by atoms with Gasteiger partial charge < -0.3 is 0 Å². The largest absolute Gasteiger partial charge is 0.433 e. The second-order valence-corrected chi connectivity index (χ2v) is 4.41. The van der Waals surface area contributed by atoms with Gasteiger partial charge in [-0.3, -0.25) is 9.78 Å². The summed E-state index contributed by atoms with van der Waals surface area (Å²) in [6, 6.07) is 4.74. The first-order valence-corrected chi connectivity index (χ1v) is 5.88. The first-order valence-electron chi connectivity index (χ1n) is 5.50. The molecule has 0 fully saturated rings. The fourth-order valence-corrected chi connectivity index (χ4v) is 1.84. The molecule has 104 valence electrons. The number of hydrogen-bond donors (Lipinski definition) is 0. The number of carbonyl (C=O) groups is 1. The maximum atomic E-state index is 12.5. The molecule has 0 spiro atoms. The van der Waals surface area contributed by atoms with E-state index in [4.69, 9.17) is 11.6 Å². The van der Waals surface area contributed by atoms with Gasteiger partial charge in [-0.25, -0.2) is 4.98 Å². The predicted molar refractivity (Wildman–Crippen MR) is 66.7 cm³/mol. The monoisotopic (exact) mass is 300 g/mol. The lowest BCUT2D eigenvalue weighted by Crippen LogP contribution is -2.11. The molecule has 2 aromatic heterocycles. The van der Waals surface area contributed by atoms with Gasteiger partial charge in [0.1, 0.15) is 10.8 Å². The molecule has 7 heteroatoms. The molecule has 0 unspecified atom stereocenters. The summed E-state index contributed by atoms with van der Waals surface area (Å²) in [5.41, 5.74) is -0.303. The van der Waals surface area contributed by atoms with Crippen LogP contribution in [0.3, 0.4) is 0 Å². The molecular formula is C13H8ClF3N2O. The van der Waals surface area contributed by atoms with Gasteiger partial charge in [0.15, 0.2) is 5.78 Å². The second-order valence-electron chi connectivity index (χ2n) is 4.05. The van der Waals surface area contributed by atoms with Gasteiger partial charge in [-0.2, -0.15) is 13.2 Å². The van der Waals surface area contributed by atoms with Crippen LogP contribution in [0.5, 0.6) is 0 Å². The zero-order chi connectivity index (χ0) is 14.9. The molecule has 0 aromatic carbocycles. The van der Waals surface area contributed by atoms with E-state index in [1.54, 1.807) is 6.92 Å². The first-order chi connectivity index (χ1) is 9.29. The number of aromatic nitrogens is 2. The highest BCUT2D eigenvalue weighted by Gasteiger charge is 2.33. The highest BCUT2D eigenvalue weighted by molar-refractivity contribution is 6.33. The number of halogens is 4. The van der Waals surface area contributed by atoms with Crippen LogP contribution in [0, 0.1) is 6.92 Å². The smallest absolute Gasteiger partial charge is 0.288 e. The standard InChI is InChI=1S/C13H8ClF3N2O/c1-7-6-8(4-5-18-7)11(20)9-2-3-10(13(15,16)17)19-12(9)14/h2-6H,1H3. The Morgan fingerprint density at radius 3 is 2.50 bits per heavy atom. The summed E-state index contributed by atoms with van der Waals surface area (Å²) < 4.78 is 37.4. The highest BCUT2D eigenvalue weighted by atomic mass is 35.5. The summed E-state index contributed by atoms with van der Waals surface area (Å²) in [5, 5.41) is -0.473. The number of aryl methyl sites for hydroxylation is 1. The number of nitrogens with zero attached hydrogens (tertiary/aromatic N) is 2. The van der Waals surface area contributed by atoms with E-state index in [2.05, 4.69) is 9.97 Å². The average molecular weight is 301 g/mol. The third-order valence-corrected chi connectivity index (χ3v) is 2.83. The minimum Gasteiger partial charge on any atom is -0.288 e. The van der Waals surface area contributed by atoms with E-state index in [1.807, 2.05) is 0 Å². The van der Waals surface area contributed by atoms with E-state index < -0.39 is 22.8 Å². The van der Waals surface area contributed by atoms with Crippen molar-refractivity contribution in [1.29, 1.82) is 0 Å². The van der Waals surface area contributed by atoms with E-state index in [-0.39, 0.29) is 5.56 Å². The van der Waals surface area contributed by atoms with E-state index in [1.165, 1.54) is 18.3 Å². The van der Waals surface area contributed by atoms with Gasteiger partial charge in [-0.15, -0.1) is 0 Å². The molecule has 0 aliphatic carbocycles. The molecule has 0 saturated heterocycles. The Hall–Kier alpha value is -1.95. The number of alkyl halides is 3. The summed E-state index contributed by atoms with van der Waals surface area (Å²) in [5.74, 6) is -0.498. The Bertz CT molecular complexity index is 671. The molecule has 0 bridgehead atoms. The molecule has 0 atom stereocenters. The normalized spacial score (nSPS) is 11.4. The molecule has 0 aliphatic rings. The number of carbonyl (C=O) groups excluding carboxylic acids is 1. The van der Waals surface area contributed by atoms with Crippen molar-refractivity contribution >= 4 is 17.4 Å². The molecule has 0 N–H and O–H groups in total. The van der Waals surface area contributed by atoms with Crippen molar-refractivity contribution in [1.82, 2.24) is 9.97 Å². The van der Waals surface area contributed by atoms with Crippen LogP contribution in [0.1, 0.15) is 27.3 Å². The Balaban J connectivity index is 2.41. The number of hydrogen-bond acceptors (Lipinski definition) is 3. The molecule has 0 saturated carbocycles. The third-order valence-electron chi connectivity index (χ3n) is 2.54. The minimum atomic E-state index is -4.60. The van der Waals surface area contributed by atoms with Crippen LogP contribution in [0.2, 0.25) is 5.15 Å². The molecule has 2 rings (SSSR count). The average Bonchev–Trinajstić information content (AvgIpc) is 2.36. The van der Waals surface area contributed by atoms with Crippen LogP contribution in [0.4, 0.5) is 13.2 Å². The molecule has 3 nitrogen and oxygen atoms in total. The van der Waals surface area contributed by atoms with E-state index in [0.717, 1.165) is 12.1 Å². The van der Waals surface area contributed by atoms with Gasteiger partial charge in [0.2, 0.25) is 0 Å². The van der Waals surface area contributed by atoms with Crippen molar-refractivity contribution in [2.24, 2.45) is 0 Å². The summed E-state index contributed by atoms with van der Waals surface area (Å²) in [6.45, 7) is 1.70. The molecule has 2 heterocycles. The Labute approximate surface area is 117 Å². The fraction of sp³-hybridized carbons (Fsp3) is 0.154. The Morgan fingerprint density at radius 1 is 1.25 bits per heavy atom. The van der Waals surface area contributed by atoms with Gasteiger partial charge >= 0.3 is 6.18 Å². The van der Waals surface area contributed by atoms with Gasteiger partial charge in [0.25, 0.3) is 0 Å². The quantitative estimate of drug-likeness (QED) is 0.627. The topological polar surface area (TPSA) is 42.9 Å². The molecular weight excluding hydrogens is 293 g/mol. The minimum absolute atomic E-state index is 0.0785. The van der Waals surface area contributed by atoms with Gasteiger partial charge in [-0.1, -0.05) is 11.6 Å². The summed E-state index contributed by atoms with van der Waals surface area (Å²) in [7, 11) is 0. The summed E-state index contributed by atoms with van der Waals surface area (Å²) in [4.78, 5) is 19.3. The maximum Gasteiger partial charge on any atom is 0.433 e. The highest BCUT2D eigenvalue weighted by Crippen LogP contribution is 2.30. The van der Waals surface area contributed by atoms with Gasteiger partial charge in [0, 0.05) is 17.5 Å². The van der Waals surface area contributed by atoms with Crippen molar-refractivity contribution in [2.45, 2.75) is 13.1 Å². The van der Waals surface area contributed by atoms with Crippen molar-refractivity contribution in [3.05, 3.63) is 58.1 Å². The van der Waals surface area contributed by atoms with Crippen LogP contribution in [0.25, 0.3) is 0 Å². The van der Waals surface area contributed by atoms with Crippen molar-refractivity contribution in [3.63, 3.8) is 0 Å². The molecule has 0 radical (unpaired) electrons. The lowest BCUT2D eigenvalue weighted by atomic mass is 10.1. The molecule has 20 heavy (non-hydrogen) atoms. The lowest BCUT2D eigenvalue weighted by Gasteiger charge is -2.08. The first kappa shape index (κ1) is 14.5. The van der Waals surface area contributed by atoms with E-state index in [0.29, 0.717) is 11.3 Å². The lowest BCUT2D eigenvalue weighted by molar-refractivity contribution is -0.141.